The van der Waals surface area contributed by atoms with Gasteiger partial charge in [0.15, 0.2) is 0 Å². The number of nitrogens with one attached hydrogen (secondary N) is 1. The molecule has 1 aromatic rings. The van der Waals surface area contributed by atoms with Crippen molar-refractivity contribution >= 4 is 27.7 Å². The summed E-state index contributed by atoms with van der Waals surface area (Å²) in [5.41, 5.74) is 1.37. The number of halogens is 1. The van der Waals surface area contributed by atoms with Crippen molar-refractivity contribution in [3.8, 4) is 0 Å². The van der Waals surface area contributed by atoms with Crippen LogP contribution in [0.15, 0.2) is 28.7 Å². The number of hydrogen-bond acceptors (Lipinski definition) is 2. The summed E-state index contributed by atoms with van der Waals surface area (Å²) in [4.78, 5) is 0. The van der Waals surface area contributed by atoms with Gasteiger partial charge < -0.3 is 5.32 Å². The molecule has 1 heterocycles. The van der Waals surface area contributed by atoms with Crippen molar-refractivity contribution in [3.63, 3.8) is 0 Å². The Morgan fingerprint density at radius 1 is 1.35 bits per heavy atom. The third-order valence-corrected chi connectivity index (χ3v) is 5.35. The molecule has 0 saturated carbocycles. The largest absolute Gasteiger partial charge is 0.306 e. The predicted molar refractivity (Wildman–Crippen MR) is 80.6 cm³/mol. The monoisotopic (exact) mass is 313 g/mol. The number of benzene rings is 1. The molecule has 1 nitrogen and oxygen atoms in total. The van der Waals surface area contributed by atoms with Gasteiger partial charge in [-0.3, -0.25) is 0 Å². The highest BCUT2D eigenvalue weighted by Crippen LogP contribution is 2.27. The molecule has 0 aromatic heterocycles. The van der Waals surface area contributed by atoms with Crippen molar-refractivity contribution < 1.29 is 0 Å². The summed E-state index contributed by atoms with van der Waals surface area (Å²) in [6.07, 6.45) is 2.66. The Labute approximate surface area is 117 Å². The van der Waals surface area contributed by atoms with Crippen LogP contribution in [0.2, 0.25) is 0 Å². The van der Waals surface area contributed by atoms with Gasteiger partial charge in [0.05, 0.1) is 0 Å². The van der Waals surface area contributed by atoms with E-state index in [1.807, 2.05) is 0 Å². The molecule has 1 N–H and O–H groups in total. The van der Waals surface area contributed by atoms with Gasteiger partial charge in [-0.15, -0.1) is 0 Å². The van der Waals surface area contributed by atoms with E-state index in [1.54, 1.807) is 0 Å². The second-order valence-electron chi connectivity index (χ2n) is 4.76. The molecule has 2 unspecified atom stereocenters. The van der Waals surface area contributed by atoms with Crippen molar-refractivity contribution in [1.29, 1.82) is 0 Å². The summed E-state index contributed by atoms with van der Waals surface area (Å²) in [5, 5.41) is 4.51. The van der Waals surface area contributed by atoms with Crippen molar-refractivity contribution in [2.24, 2.45) is 0 Å². The molecule has 1 aliphatic rings. The molecule has 94 valence electrons. The van der Waals surface area contributed by atoms with E-state index < -0.39 is 0 Å². The lowest BCUT2D eigenvalue weighted by molar-refractivity contribution is 0.417. The standard InChI is InChI=1S/C14H20BrNS/c1-10(12-5-7-13(15)8-6-12)16-14-4-3-9-17-11(14)2/h5-8,10-11,14,16H,3-4,9H2,1-2H3/t10-,11?,14?/m0/s1. The third kappa shape index (κ3) is 3.73. The highest BCUT2D eigenvalue weighted by Gasteiger charge is 2.23. The van der Waals surface area contributed by atoms with E-state index in [2.05, 4.69) is 71.1 Å². The molecule has 3 atom stereocenters. The van der Waals surface area contributed by atoms with Crippen LogP contribution in [0.3, 0.4) is 0 Å². The first-order valence-corrected chi connectivity index (χ1v) is 8.14. The van der Waals surface area contributed by atoms with Crippen LogP contribution in [0.4, 0.5) is 0 Å². The summed E-state index contributed by atoms with van der Waals surface area (Å²) in [5.74, 6) is 1.33. The van der Waals surface area contributed by atoms with Gasteiger partial charge in [0.1, 0.15) is 0 Å². The first kappa shape index (κ1) is 13.4. The molecule has 17 heavy (non-hydrogen) atoms. The molecule has 2 rings (SSSR count). The Bertz CT molecular complexity index is 352. The molecule has 3 heteroatoms. The first-order valence-electron chi connectivity index (χ1n) is 6.30. The van der Waals surface area contributed by atoms with Gasteiger partial charge in [-0.1, -0.05) is 35.0 Å². The zero-order chi connectivity index (χ0) is 12.3. The molecular formula is C14H20BrNS. The quantitative estimate of drug-likeness (QED) is 0.888. The van der Waals surface area contributed by atoms with E-state index in [0.29, 0.717) is 12.1 Å². The average molecular weight is 314 g/mol. The Kier molecular flexibility index (Phi) is 4.95. The lowest BCUT2D eigenvalue weighted by Gasteiger charge is -2.32. The highest BCUT2D eigenvalue weighted by atomic mass is 79.9. The topological polar surface area (TPSA) is 12.0 Å². The van der Waals surface area contributed by atoms with Crippen LogP contribution >= 0.6 is 27.7 Å². The molecule has 0 spiro atoms. The minimum Gasteiger partial charge on any atom is -0.306 e. The summed E-state index contributed by atoms with van der Waals surface area (Å²) in [7, 11) is 0. The normalized spacial score (nSPS) is 26.8. The maximum atomic E-state index is 3.77. The van der Waals surface area contributed by atoms with E-state index >= 15 is 0 Å². The zero-order valence-electron chi connectivity index (χ0n) is 10.4. The second kappa shape index (κ2) is 6.26. The van der Waals surface area contributed by atoms with E-state index in [1.165, 1.54) is 24.2 Å². The minimum absolute atomic E-state index is 0.439. The van der Waals surface area contributed by atoms with Crippen LogP contribution in [0.5, 0.6) is 0 Å². The van der Waals surface area contributed by atoms with Crippen LogP contribution in [-0.2, 0) is 0 Å². The Morgan fingerprint density at radius 2 is 2.06 bits per heavy atom. The first-order chi connectivity index (χ1) is 8.16. The van der Waals surface area contributed by atoms with E-state index in [4.69, 9.17) is 0 Å². The van der Waals surface area contributed by atoms with Crippen molar-refractivity contribution in [1.82, 2.24) is 5.32 Å². The van der Waals surface area contributed by atoms with E-state index in [-0.39, 0.29) is 0 Å². The molecule has 0 radical (unpaired) electrons. The molecule has 0 bridgehead atoms. The molecule has 1 saturated heterocycles. The highest BCUT2D eigenvalue weighted by molar-refractivity contribution is 9.10. The number of rotatable bonds is 3. The summed E-state index contributed by atoms with van der Waals surface area (Å²) < 4.78 is 1.15. The molecular weight excluding hydrogens is 294 g/mol. The lowest BCUT2D eigenvalue weighted by Crippen LogP contribution is -2.40. The van der Waals surface area contributed by atoms with Gasteiger partial charge in [-0.2, -0.15) is 11.8 Å². The van der Waals surface area contributed by atoms with Crippen LogP contribution in [0.25, 0.3) is 0 Å². The number of hydrogen-bond donors (Lipinski definition) is 1. The minimum atomic E-state index is 0.439. The fraction of sp³-hybridized carbons (Fsp3) is 0.571. The summed E-state index contributed by atoms with van der Waals surface area (Å²) >= 11 is 5.57. The Hall–Kier alpha value is 0.01000. The smallest absolute Gasteiger partial charge is 0.0294 e. The fourth-order valence-electron chi connectivity index (χ4n) is 2.31. The van der Waals surface area contributed by atoms with E-state index in [9.17, 15) is 0 Å². The summed E-state index contributed by atoms with van der Waals surface area (Å²) in [6, 6.07) is 9.73. The molecule has 1 aliphatic heterocycles. The molecule has 0 aliphatic carbocycles. The van der Waals surface area contributed by atoms with Gasteiger partial charge in [0, 0.05) is 21.8 Å². The van der Waals surface area contributed by atoms with Crippen molar-refractivity contribution in [3.05, 3.63) is 34.3 Å². The molecule has 1 fully saturated rings. The van der Waals surface area contributed by atoms with Gasteiger partial charge in [0.25, 0.3) is 0 Å². The van der Waals surface area contributed by atoms with Gasteiger partial charge in [-0.05, 0) is 43.2 Å². The third-order valence-electron chi connectivity index (χ3n) is 3.44. The van der Waals surface area contributed by atoms with Crippen molar-refractivity contribution in [2.75, 3.05) is 5.75 Å². The van der Waals surface area contributed by atoms with Crippen LogP contribution in [0, 0.1) is 0 Å². The van der Waals surface area contributed by atoms with Crippen LogP contribution in [0.1, 0.15) is 38.3 Å². The Balaban J connectivity index is 1.95. The second-order valence-corrected chi connectivity index (χ2v) is 7.17. The lowest BCUT2D eigenvalue weighted by atomic mass is 10.0. The molecule has 0 amide bonds. The Morgan fingerprint density at radius 3 is 2.71 bits per heavy atom. The molecule has 1 aromatic carbocycles. The predicted octanol–water partition coefficient (Wildman–Crippen LogP) is 4.38. The fourth-order valence-corrected chi connectivity index (χ4v) is 3.73. The maximum absolute atomic E-state index is 3.77. The summed E-state index contributed by atoms with van der Waals surface area (Å²) in [6.45, 7) is 4.60. The average Bonchev–Trinajstić information content (AvgIpc) is 2.33. The maximum Gasteiger partial charge on any atom is 0.0294 e. The van der Waals surface area contributed by atoms with Crippen LogP contribution < -0.4 is 5.32 Å². The number of thioether (sulfide) groups is 1. The van der Waals surface area contributed by atoms with E-state index in [0.717, 1.165) is 9.72 Å². The van der Waals surface area contributed by atoms with Crippen LogP contribution in [-0.4, -0.2) is 17.0 Å². The van der Waals surface area contributed by atoms with Gasteiger partial charge in [0.2, 0.25) is 0 Å². The van der Waals surface area contributed by atoms with Gasteiger partial charge in [-0.25, -0.2) is 0 Å². The van der Waals surface area contributed by atoms with Crippen molar-refractivity contribution in [2.45, 2.75) is 44.0 Å². The SMILES string of the molecule is CC1SCCCC1N[C@@H](C)c1ccc(Br)cc1. The zero-order valence-corrected chi connectivity index (χ0v) is 12.9. The van der Waals surface area contributed by atoms with Gasteiger partial charge >= 0.3 is 0 Å².